The number of nitrogens with zero attached hydrogens (tertiary/aromatic N) is 2. The largest absolute Gasteiger partial charge is 0.383 e. The van der Waals surface area contributed by atoms with Crippen LogP contribution in [-0.4, -0.2) is 32.1 Å². The molecule has 0 aromatic carbocycles. The van der Waals surface area contributed by atoms with Crippen LogP contribution in [0.3, 0.4) is 0 Å². The first-order valence-corrected chi connectivity index (χ1v) is 9.46. The molecule has 0 atom stereocenters. The van der Waals surface area contributed by atoms with Gasteiger partial charge in [-0.05, 0) is 12.2 Å². The maximum Gasteiger partial charge on any atom is 0.268 e. The molecule has 0 aliphatic heterocycles. The van der Waals surface area contributed by atoms with E-state index in [1.165, 1.54) is 22.4 Å². The highest BCUT2D eigenvalue weighted by atomic mass is 32.2. The molecule has 2 aromatic rings. The van der Waals surface area contributed by atoms with Crippen LogP contribution in [0.2, 0.25) is 0 Å². The maximum atomic E-state index is 12.1. The average molecular weight is 413 g/mol. The second-order valence-corrected chi connectivity index (χ2v) is 7.66. The van der Waals surface area contributed by atoms with Crippen molar-refractivity contribution in [2.24, 2.45) is 5.73 Å². The number of hydrogen-bond donors (Lipinski definition) is 4. The molecule has 12 heteroatoms. The molecule has 6 N–H and O–H groups in total. The zero-order valence-corrected chi connectivity index (χ0v) is 15.9. The lowest BCUT2D eigenvalue weighted by molar-refractivity contribution is -0.115. The molecule has 0 aliphatic carbocycles. The van der Waals surface area contributed by atoms with E-state index in [-0.39, 0.29) is 29.4 Å². The van der Waals surface area contributed by atoms with Crippen molar-refractivity contribution in [3.05, 3.63) is 38.7 Å². The zero-order chi connectivity index (χ0) is 19.3. The number of nitrogens with two attached hydrogens (primary N) is 2. The Hall–Kier alpha value is -2.44. The van der Waals surface area contributed by atoms with Gasteiger partial charge in [0.05, 0.1) is 0 Å². The minimum Gasteiger partial charge on any atom is -0.383 e. The predicted molar refractivity (Wildman–Crippen MR) is 105 cm³/mol. The molecule has 138 valence electrons. The summed E-state index contributed by atoms with van der Waals surface area (Å²) in [5, 5.41) is 3.28. The second-order valence-electron chi connectivity index (χ2n) is 4.93. The number of nitrogen functional groups attached to an aromatic ring is 1. The summed E-state index contributed by atoms with van der Waals surface area (Å²) in [6.45, 7) is 3.92. The Bertz CT molecular complexity index is 962. The maximum absolute atomic E-state index is 12.1. The number of H-pyrrole nitrogens is 1. The molecule has 0 aliphatic rings. The SMILES string of the molecule is C=CCn1c(C(N)=O)c(NC(=O)CCSc2nc(N)cc(=O)[nH]2)sc1=S. The smallest absolute Gasteiger partial charge is 0.268 e. The van der Waals surface area contributed by atoms with Gasteiger partial charge in [-0.2, -0.15) is 0 Å². The van der Waals surface area contributed by atoms with Crippen LogP contribution in [0.4, 0.5) is 10.8 Å². The first-order valence-electron chi connectivity index (χ1n) is 7.25. The molecule has 0 spiro atoms. The van der Waals surface area contributed by atoms with E-state index in [1.54, 1.807) is 6.08 Å². The number of hydrogen-bond acceptors (Lipinski definition) is 8. The third-order valence-electron chi connectivity index (χ3n) is 3.00. The first-order chi connectivity index (χ1) is 12.3. The monoisotopic (exact) mass is 412 g/mol. The third-order valence-corrected chi connectivity index (χ3v) is 5.24. The van der Waals surface area contributed by atoms with Gasteiger partial charge in [0.25, 0.3) is 11.5 Å². The van der Waals surface area contributed by atoms with Gasteiger partial charge < -0.3 is 26.3 Å². The Morgan fingerprint density at radius 2 is 2.27 bits per heavy atom. The van der Waals surface area contributed by atoms with E-state index in [2.05, 4.69) is 21.9 Å². The number of amides is 2. The lowest BCUT2D eigenvalue weighted by Crippen LogP contribution is -2.21. The van der Waals surface area contributed by atoms with Crippen molar-refractivity contribution in [2.75, 3.05) is 16.8 Å². The number of carbonyl (C=O) groups excluding carboxylic acids is 2. The van der Waals surface area contributed by atoms with Crippen molar-refractivity contribution in [2.45, 2.75) is 18.1 Å². The minimum atomic E-state index is -0.689. The van der Waals surface area contributed by atoms with Crippen molar-refractivity contribution < 1.29 is 9.59 Å². The highest BCUT2D eigenvalue weighted by Crippen LogP contribution is 2.26. The van der Waals surface area contributed by atoms with Gasteiger partial charge in [0, 0.05) is 24.8 Å². The van der Waals surface area contributed by atoms with E-state index in [9.17, 15) is 14.4 Å². The fraction of sp³-hybridized carbons (Fsp3) is 0.214. The van der Waals surface area contributed by atoms with Crippen molar-refractivity contribution in [3.63, 3.8) is 0 Å². The number of aromatic amines is 1. The molecule has 0 bridgehead atoms. The number of thiazole rings is 1. The van der Waals surface area contributed by atoms with Gasteiger partial charge in [-0.25, -0.2) is 4.98 Å². The van der Waals surface area contributed by atoms with E-state index in [1.807, 2.05) is 0 Å². The molecule has 2 heterocycles. The van der Waals surface area contributed by atoms with Gasteiger partial charge >= 0.3 is 0 Å². The molecular formula is C14H16N6O3S3. The topological polar surface area (TPSA) is 149 Å². The van der Waals surface area contributed by atoms with E-state index < -0.39 is 5.91 Å². The second kappa shape index (κ2) is 8.78. The highest BCUT2D eigenvalue weighted by molar-refractivity contribution is 7.99. The van der Waals surface area contributed by atoms with Crippen molar-refractivity contribution in [3.8, 4) is 0 Å². The lowest BCUT2D eigenvalue weighted by atomic mass is 10.4. The fourth-order valence-corrected chi connectivity index (χ4v) is 4.14. The van der Waals surface area contributed by atoms with Gasteiger partial charge in [0.15, 0.2) is 9.11 Å². The van der Waals surface area contributed by atoms with Crippen molar-refractivity contribution in [1.82, 2.24) is 14.5 Å². The first kappa shape index (κ1) is 19.9. The highest BCUT2D eigenvalue weighted by Gasteiger charge is 2.19. The average Bonchev–Trinajstić information content (AvgIpc) is 2.82. The summed E-state index contributed by atoms with van der Waals surface area (Å²) in [5.41, 5.74) is 10.7. The lowest BCUT2D eigenvalue weighted by Gasteiger charge is -2.07. The molecule has 0 radical (unpaired) electrons. The normalized spacial score (nSPS) is 10.5. The molecule has 2 aromatic heterocycles. The Kier molecular flexibility index (Phi) is 6.71. The number of primary amides is 1. The Balaban J connectivity index is 2.02. The van der Waals surface area contributed by atoms with Crippen LogP contribution in [0.5, 0.6) is 0 Å². The number of aromatic nitrogens is 3. The van der Waals surface area contributed by atoms with Crippen LogP contribution in [0, 0.1) is 3.95 Å². The van der Waals surface area contributed by atoms with Crippen LogP contribution >= 0.6 is 35.3 Å². The summed E-state index contributed by atoms with van der Waals surface area (Å²) in [4.78, 5) is 41.6. The number of allylic oxidation sites excluding steroid dienone is 1. The van der Waals surface area contributed by atoms with Crippen LogP contribution in [0.1, 0.15) is 16.9 Å². The Labute approximate surface area is 161 Å². The molecule has 0 unspecified atom stereocenters. The van der Waals surface area contributed by atoms with Gasteiger partial charge in [-0.15, -0.1) is 6.58 Å². The van der Waals surface area contributed by atoms with Crippen LogP contribution < -0.4 is 22.3 Å². The summed E-state index contributed by atoms with van der Waals surface area (Å²) < 4.78 is 1.92. The van der Waals surface area contributed by atoms with Gasteiger partial charge in [-0.1, -0.05) is 29.2 Å². The number of carbonyl (C=O) groups is 2. The van der Waals surface area contributed by atoms with E-state index in [4.69, 9.17) is 23.7 Å². The Morgan fingerprint density at radius 1 is 1.54 bits per heavy atom. The zero-order valence-electron chi connectivity index (χ0n) is 13.5. The summed E-state index contributed by atoms with van der Waals surface area (Å²) >= 11 is 7.46. The molecule has 0 fully saturated rings. The fourth-order valence-electron chi connectivity index (χ4n) is 1.98. The summed E-state index contributed by atoms with van der Waals surface area (Å²) in [5.74, 6) is -0.558. The minimum absolute atomic E-state index is 0.107. The molecule has 0 saturated heterocycles. The van der Waals surface area contributed by atoms with Crippen molar-refractivity contribution in [1.29, 1.82) is 0 Å². The molecule has 2 rings (SSSR count). The van der Waals surface area contributed by atoms with E-state index >= 15 is 0 Å². The van der Waals surface area contributed by atoms with Crippen LogP contribution in [0.15, 0.2) is 28.7 Å². The van der Waals surface area contributed by atoms with E-state index in [0.717, 1.165) is 11.3 Å². The summed E-state index contributed by atoms with van der Waals surface area (Å²) in [6, 6.07) is 1.17. The number of rotatable bonds is 8. The van der Waals surface area contributed by atoms with Crippen LogP contribution in [-0.2, 0) is 11.3 Å². The molecule has 26 heavy (non-hydrogen) atoms. The molecular weight excluding hydrogens is 396 g/mol. The van der Waals surface area contributed by atoms with Gasteiger partial charge in [0.1, 0.15) is 16.5 Å². The van der Waals surface area contributed by atoms with Gasteiger partial charge in [-0.3, -0.25) is 14.4 Å². The Morgan fingerprint density at radius 3 is 2.88 bits per heavy atom. The number of nitrogens with one attached hydrogen (secondary N) is 2. The molecule has 2 amide bonds. The predicted octanol–water partition coefficient (Wildman–Crippen LogP) is 1.35. The van der Waals surface area contributed by atoms with Crippen molar-refractivity contribution >= 4 is 57.9 Å². The summed E-state index contributed by atoms with van der Waals surface area (Å²) in [7, 11) is 0. The standard InChI is InChI=1S/C14H16N6O3S3/c1-2-4-20-10(11(16)23)12(26-14(20)24)18-8(21)3-5-25-13-17-7(15)6-9(22)19-13/h2,6H,1,3-5H2,(H2,16,23)(H,18,21)(H3,15,17,19,22). The molecule has 0 saturated carbocycles. The van der Waals surface area contributed by atoms with Crippen LogP contribution in [0.25, 0.3) is 0 Å². The number of anilines is 2. The molecule has 9 nitrogen and oxygen atoms in total. The van der Waals surface area contributed by atoms with E-state index in [0.29, 0.717) is 26.4 Å². The number of thioether (sulfide) groups is 1. The summed E-state index contributed by atoms with van der Waals surface area (Å²) in [6.07, 6.45) is 1.70. The van der Waals surface area contributed by atoms with Gasteiger partial charge in [0.2, 0.25) is 5.91 Å². The third kappa shape index (κ3) is 5.03. The quantitative estimate of drug-likeness (QED) is 0.221.